The molecule has 0 aromatic heterocycles. The van der Waals surface area contributed by atoms with Gasteiger partial charge in [0, 0.05) is 5.92 Å². The first-order chi connectivity index (χ1) is 16.3. The molecule has 0 aliphatic heterocycles. The maximum atomic E-state index is 13.7. The summed E-state index contributed by atoms with van der Waals surface area (Å²) in [6, 6.07) is 18.9. The van der Waals surface area contributed by atoms with Gasteiger partial charge in [-0.2, -0.15) is 0 Å². The van der Waals surface area contributed by atoms with Crippen molar-refractivity contribution in [2.24, 2.45) is 0 Å². The van der Waals surface area contributed by atoms with Crippen LogP contribution in [0.3, 0.4) is 0 Å². The largest absolute Gasteiger partial charge is 0.479 e. The second-order valence-corrected chi connectivity index (χ2v) is 7.70. The van der Waals surface area contributed by atoms with E-state index in [2.05, 4.69) is 10.6 Å². The predicted molar refractivity (Wildman–Crippen MR) is 121 cm³/mol. The van der Waals surface area contributed by atoms with Crippen LogP contribution in [0.1, 0.15) is 27.4 Å². The van der Waals surface area contributed by atoms with E-state index in [1.165, 1.54) is 6.07 Å². The van der Waals surface area contributed by atoms with Crippen molar-refractivity contribution in [3.8, 4) is 11.1 Å². The lowest BCUT2D eigenvalue weighted by Crippen LogP contribution is -2.36. The number of nitrogens with one attached hydrogen (secondary N) is 2. The standard InChI is InChI=1S/C25H21FN2O6/c26-14-9-10-21(19(11-14)23(30)27-12-22(29)24(31)32)28-25(33)34-13-20-17-7-3-1-5-15(17)16-6-2-4-8-18(16)20/h1-11,20,22,29H,12-13H2,(H,27,30)(H,28,33)(H,31,32). The van der Waals surface area contributed by atoms with E-state index in [1.54, 1.807) is 0 Å². The van der Waals surface area contributed by atoms with Crippen LogP contribution in [-0.4, -0.2) is 47.4 Å². The van der Waals surface area contributed by atoms with Gasteiger partial charge in [0.1, 0.15) is 12.4 Å². The summed E-state index contributed by atoms with van der Waals surface area (Å²) in [5.41, 5.74) is 3.96. The van der Waals surface area contributed by atoms with Crippen LogP contribution in [-0.2, 0) is 9.53 Å². The van der Waals surface area contributed by atoms with Gasteiger partial charge in [0.25, 0.3) is 5.91 Å². The van der Waals surface area contributed by atoms with Crippen LogP contribution < -0.4 is 10.6 Å². The summed E-state index contributed by atoms with van der Waals surface area (Å²) in [7, 11) is 0. The molecule has 1 unspecified atom stereocenters. The molecule has 1 aliphatic rings. The summed E-state index contributed by atoms with van der Waals surface area (Å²) < 4.78 is 19.2. The Balaban J connectivity index is 1.45. The SMILES string of the molecule is O=C(Nc1ccc(F)cc1C(=O)NCC(O)C(=O)O)OCC1c2ccccc2-c2ccccc21. The third kappa shape index (κ3) is 4.74. The number of hydrogen-bond acceptors (Lipinski definition) is 5. The number of hydrogen-bond donors (Lipinski definition) is 4. The Morgan fingerprint density at radius 3 is 2.21 bits per heavy atom. The van der Waals surface area contributed by atoms with Crippen molar-refractivity contribution in [3.63, 3.8) is 0 Å². The average Bonchev–Trinajstić information content (AvgIpc) is 3.15. The Kier molecular flexibility index (Phi) is 6.55. The van der Waals surface area contributed by atoms with Crippen LogP contribution in [0.4, 0.5) is 14.9 Å². The number of anilines is 1. The number of fused-ring (bicyclic) bond motifs is 3. The maximum absolute atomic E-state index is 13.7. The molecule has 4 rings (SSSR count). The quantitative estimate of drug-likeness (QED) is 0.425. The summed E-state index contributed by atoms with van der Waals surface area (Å²) in [5.74, 6) is -3.28. The van der Waals surface area contributed by atoms with Crippen LogP contribution in [0.15, 0.2) is 66.7 Å². The molecule has 1 aliphatic carbocycles. The number of aliphatic hydroxyl groups excluding tert-OH is 1. The molecular formula is C25H21FN2O6. The van der Waals surface area contributed by atoms with E-state index in [9.17, 15) is 23.9 Å². The van der Waals surface area contributed by atoms with E-state index >= 15 is 0 Å². The van der Waals surface area contributed by atoms with Gasteiger partial charge in [0.2, 0.25) is 0 Å². The molecule has 3 aromatic rings. The van der Waals surface area contributed by atoms with E-state index in [4.69, 9.17) is 9.84 Å². The van der Waals surface area contributed by atoms with Crippen LogP contribution in [0.5, 0.6) is 0 Å². The highest BCUT2D eigenvalue weighted by Crippen LogP contribution is 2.44. The number of ether oxygens (including phenoxy) is 1. The smallest absolute Gasteiger partial charge is 0.411 e. The molecule has 0 fully saturated rings. The molecule has 174 valence electrons. The predicted octanol–water partition coefficient (Wildman–Crippen LogP) is 3.36. The second-order valence-electron chi connectivity index (χ2n) is 7.70. The van der Waals surface area contributed by atoms with Crippen molar-refractivity contribution in [1.29, 1.82) is 0 Å². The van der Waals surface area contributed by atoms with Crippen LogP contribution in [0, 0.1) is 5.82 Å². The molecule has 8 nitrogen and oxygen atoms in total. The average molecular weight is 464 g/mol. The molecule has 0 saturated carbocycles. The number of carbonyl (C=O) groups excluding carboxylic acids is 2. The number of carbonyl (C=O) groups is 3. The van der Waals surface area contributed by atoms with E-state index < -0.39 is 36.4 Å². The van der Waals surface area contributed by atoms with Crippen molar-refractivity contribution in [2.75, 3.05) is 18.5 Å². The molecule has 34 heavy (non-hydrogen) atoms. The minimum atomic E-state index is -1.82. The van der Waals surface area contributed by atoms with Gasteiger partial charge < -0.3 is 20.3 Å². The van der Waals surface area contributed by atoms with Crippen molar-refractivity contribution in [2.45, 2.75) is 12.0 Å². The van der Waals surface area contributed by atoms with Gasteiger partial charge in [-0.1, -0.05) is 48.5 Å². The van der Waals surface area contributed by atoms with Gasteiger partial charge in [0.05, 0.1) is 17.8 Å². The lowest BCUT2D eigenvalue weighted by Gasteiger charge is -2.16. The zero-order valence-electron chi connectivity index (χ0n) is 17.8. The van der Waals surface area contributed by atoms with Gasteiger partial charge in [0.15, 0.2) is 6.10 Å². The Labute approximate surface area is 194 Å². The lowest BCUT2D eigenvalue weighted by molar-refractivity contribution is -0.146. The number of rotatable bonds is 7. The summed E-state index contributed by atoms with van der Waals surface area (Å²) in [6.45, 7) is -0.539. The Morgan fingerprint density at radius 1 is 0.971 bits per heavy atom. The summed E-state index contributed by atoms with van der Waals surface area (Å²) in [4.78, 5) is 35.6. The van der Waals surface area contributed by atoms with Crippen LogP contribution >= 0.6 is 0 Å². The van der Waals surface area contributed by atoms with E-state index in [-0.39, 0.29) is 23.8 Å². The molecule has 9 heteroatoms. The van der Waals surface area contributed by atoms with Gasteiger partial charge >= 0.3 is 12.1 Å². The number of amides is 2. The third-order valence-electron chi connectivity index (χ3n) is 5.55. The summed E-state index contributed by atoms with van der Waals surface area (Å²) in [5, 5.41) is 22.7. The number of aliphatic carboxylic acids is 1. The first-order valence-corrected chi connectivity index (χ1v) is 10.5. The van der Waals surface area contributed by atoms with Gasteiger partial charge in [-0.15, -0.1) is 0 Å². The molecule has 4 N–H and O–H groups in total. The Morgan fingerprint density at radius 2 is 1.59 bits per heavy atom. The maximum Gasteiger partial charge on any atom is 0.411 e. The Hall–Kier alpha value is -4.24. The fourth-order valence-electron chi connectivity index (χ4n) is 3.93. The van der Waals surface area contributed by atoms with Crippen molar-refractivity contribution in [1.82, 2.24) is 5.32 Å². The van der Waals surface area contributed by atoms with Crippen LogP contribution in [0.25, 0.3) is 11.1 Å². The van der Waals surface area contributed by atoms with E-state index in [0.29, 0.717) is 0 Å². The number of carboxylic acid groups (broad SMARTS) is 1. The first-order valence-electron chi connectivity index (χ1n) is 10.5. The highest BCUT2D eigenvalue weighted by Gasteiger charge is 2.29. The monoisotopic (exact) mass is 464 g/mol. The molecule has 0 spiro atoms. The van der Waals surface area contributed by atoms with Gasteiger partial charge in [-0.05, 0) is 40.5 Å². The molecular weight excluding hydrogens is 443 g/mol. The number of halogens is 1. The lowest BCUT2D eigenvalue weighted by atomic mass is 9.98. The second kappa shape index (κ2) is 9.72. The minimum Gasteiger partial charge on any atom is -0.479 e. The molecule has 2 amide bonds. The number of aliphatic hydroxyl groups is 1. The fraction of sp³-hybridized carbons (Fsp3) is 0.160. The molecule has 0 radical (unpaired) electrons. The molecule has 3 aromatic carbocycles. The molecule has 0 bridgehead atoms. The summed E-state index contributed by atoms with van der Waals surface area (Å²) in [6.07, 6.45) is -2.66. The fourth-order valence-corrected chi connectivity index (χ4v) is 3.93. The zero-order chi connectivity index (χ0) is 24.2. The normalized spacial score (nSPS) is 12.9. The highest BCUT2D eigenvalue weighted by molar-refractivity contribution is 6.02. The summed E-state index contributed by atoms with van der Waals surface area (Å²) >= 11 is 0. The van der Waals surface area contributed by atoms with Crippen LogP contribution in [0.2, 0.25) is 0 Å². The number of benzene rings is 3. The van der Waals surface area contributed by atoms with Gasteiger partial charge in [-0.3, -0.25) is 10.1 Å². The highest BCUT2D eigenvalue weighted by atomic mass is 19.1. The number of carboxylic acids is 1. The van der Waals surface area contributed by atoms with Gasteiger partial charge in [-0.25, -0.2) is 14.0 Å². The Bertz CT molecular complexity index is 1220. The van der Waals surface area contributed by atoms with Crippen molar-refractivity contribution >= 4 is 23.7 Å². The zero-order valence-corrected chi connectivity index (χ0v) is 17.8. The first kappa shape index (κ1) is 22.9. The molecule has 0 heterocycles. The third-order valence-corrected chi connectivity index (χ3v) is 5.55. The minimum absolute atomic E-state index is 0.0269. The van der Waals surface area contributed by atoms with E-state index in [0.717, 1.165) is 34.4 Å². The van der Waals surface area contributed by atoms with Crippen molar-refractivity contribution in [3.05, 3.63) is 89.2 Å². The van der Waals surface area contributed by atoms with Crippen molar-refractivity contribution < 1.29 is 33.7 Å². The molecule has 1 atom stereocenters. The van der Waals surface area contributed by atoms with E-state index in [1.807, 2.05) is 48.5 Å². The molecule has 0 saturated heterocycles. The topological polar surface area (TPSA) is 125 Å².